The van der Waals surface area contributed by atoms with E-state index in [1.165, 1.54) is 0 Å². The van der Waals surface area contributed by atoms with E-state index in [-0.39, 0.29) is 5.75 Å². The van der Waals surface area contributed by atoms with Gasteiger partial charge in [0.25, 0.3) is 0 Å². The summed E-state index contributed by atoms with van der Waals surface area (Å²) in [6, 6.07) is 8.50. The van der Waals surface area contributed by atoms with Gasteiger partial charge in [0.05, 0.1) is 36.6 Å². The molecule has 2 N–H and O–H groups in total. The molecule has 2 bridgehead atoms. The van der Waals surface area contributed by atoms with E-state index < -0.39 is 0 Å². The lowest BCUT2D eigenvalue weighted by molar-refractivity contribution is 0.0897. The van der Waals surface area contributed by atoms with Gasteiger partial charge in [-0.15, -0.1) is 0 Å². The molecule has 0 spiro atoms. The minimum Gasteiger partial charge on any atom is -0.508 e. The second kappa shape index (κ2) is 7.82. The van der Waals surface area contributed by atoms with Crippen LogP contribution in [-0.4, -0.2) is 50.3 Å². The second-order valence-electron chi connectivity index (χ2n) is 9.11. The van der Waals surface area contributed by atoms with Gasteiger partial charge in [0.1, 0.15) is 17.5 Å². The normalized spacial score (nSPS) is 19.5. The fourth-order valence-electron chi connectivity index (χ4n) is 5.34. The van der Waals surface area contributed by atoms with Gasteiger partial charge in [-0.25, -0.2) is 15.0 Å². The first kappa shape index (κ1) is 20.6. The number of aromatic hydroxyl groups is 1. The highest BCUT2D eigenvalue weighted by Crippen LogP contribution is 2.37. The average Bonchev–Trinajstić information content (AvgIpc) is 3.39. The third-order valence-corrected chi connectivity index (χ3v) is 7.10. The Kier molecular flexibility index (Phi) is 4.74. The number of H-pyrrole nitrogens is 1. The van der Waals surface area contributed by atoms with Crippen molar-refractivity contribution in [1.82, 2.24) is 19.9 Å². The van der Waals surface area contributed by atoms with E-state index in [9.17, 15) is 10.4 Å². The number of pyridine rings is 1. The molecule has 0 amide bonds. The third-order valence-electron chi connectivity index (χ3n) is 7.10. The SMILES string of the molecule is Cc1ccc(O)c(C)c1-c1cnc2[nH]c(-c3cnc(N4[C@H]5CC[C@H]4COC5)nc3)cc2c1C#N. The largest absolute Gasteiger partial charge is 0.508 e. The molecule has 34 heavy (non-hydrogen) atoms. The number of anilines is 1. The third kappa shape index (κ3) is 3.12. The Bertz CT molecular complexity index is 1440. The minimum atomic E-state index is 0.199. The van der Waals surface area contributed by atoms with Crippen LogP contribution in [0.15, 0.2) is 36.8 Å². The van der Waals surface area contributed by atoms with Gasteiger partial charge in [-0.3, -0.25) is 0 Å². The van der Waals surface area contributed by atoms with Crippen molar-refractivity contribution >= 4 is 17.0 Å². The van der Waals surface area contributed by atoms with Gasteiger partial charge < -0.3 is 19.7 Å². The van der Waals surface area contributed by atoms with E-state index in [0.29, 0.717) is 28.9 Å². The van der Waals surface area contributed by atoms with Crippen molar-refractivity contribution in [2.75, 3.05) is 18.1 Å². The van der Waals surface area contributed by atoms with Gasteiger partial charge in [0.2, 0.25) is 5.95 Å². The lowest BCUT2D eigenvalue weighted by Crippen LogP contribution is -2.46. The number of hydrogen-bond acceptors (Lipinski definition) is 7. The minimum absolute atomic E-state index is 0.199. The van der Waals surface area contributed by atoms with Crippen molar-refractivity contribution in [3.05, 3.63) is 53.5 Å². The maximum atomic E-state index is 10.2. The molecule has 8 heteroatoms. The Morgan fingerprint density at radius 1 is 1.09 bits per heavy atom. The molecule has 2 atom stereocenters. The van der Waals surface area contributed by atoms with E-state index in [4.69, 9.17) is 4.74 Å². The van der Waals surface area contributed by atoms with Crippen molar-refractivity contribution in [2.24, 2.45) is 0 Å². The number of phenolic OH excluding ortho intramolecular Hbond substituents is 1. The van der Waals surface area contributed by atoms with Crippen molar-refractivity contribution < 1.29 is 9.84 Å². The molecular formula is C26H24N6O2. The summed E-state index contributed by atoms with van der Waals surface area (Å²) in [6.07, 6.45) is 7.56. The number of aryl methyl sites for hydroxylation is 1. The lowest BCUT2D eigenvalue weighted by Gasteiger charge is -2.34. The summed E-state index contributed by atoms with van der Waals surface area (Å²) in [5.74, 6) is 0.939. The van der Waals surface area contributed by atoms with Crippen LogP contribution in [0.1, 0.15) is 29.5 Å². The van der Waals surface area contributed by atoms with Crippen LogP contribution >= 0.6 is 0 Å². The molecule has 0 radical (unpaired) electrons. The van der Waals surface area contributed by atoms with E-state index >= 15 is 0 Å². The first-order chi connectivity index (χ1) is 16.5. The average molecular weight is 453 g/mol. The summed E-state index contributed by atoms with van der Waals surface area (Å²) >= 11 is 0. The number of aromatic amines is 1. The number of benzene rings is 1. The smallest absolute Gasteiger partial charge is 0.225 e. The number of nitrogens with one attached hydrogen (secondary N) is 1. The Hall–Kier alpha value is -3.96. The molecule has 4 aromatic rings. The second-order valence-corrected chi connectivity index (χ2v) is 9.11. The topological polar surface area (TPSA) is 111 Å². The Morgan fingerprint density at radius 2 is 1.82 bits per heavy atom. The van der Waals surface area contributed by atoms with Gasteiger partial charge in [-0.2, -0.15) is 5.26 Å². The maximum Gasteiger partial charge on any atom is 0.225 e. The number of morpholine rings is 1. The van der Waals surface area contributed by atoms with Crippen LogP contribution in [-0.2, 0) is 4.74 Å². The predicted molar refractivity (Wildman–Crippen MR) is 129 cm³/mol. The molecule has 170 valence electrons. The van der Waals surface area contributed by atoms with Crippen LogP contribution in [0.5, 0.6) is 5.75 Å². The maximum absolute atomic E-state index is 10.2. The number of rotatable bonds is 3. The fraction of sp³-hybridized carbons (Fsp3) is 0.308. The molecule has 2 aliphatic heterocycles. The highest BCUT2D eigenvalue weighted by atomic mass is 16.5. The zero-order chi connectivity index (χ0) is 23.4. The molecule has 2 fully saturated rings. The summed E-state index contributed by atoms with van der Waals surface area (Å²) in [6.45, 7) is 5.28. The number of phenols is 1. The van der Waals surface area contributed by atoms with Crippen molar-refractivity contribution in [1.29, 1.82) is 5.26 Å². The first-order valence-electron chi connectivity index (χ1n) is 11.4. The van der Waals surface area contributed by atoms with Crippen LogP contribution in [0.25, 0.3) is 33.4 Å². The van der Waals surface area contributed by atoms with Gasteiger partial charge >= 0.3 is 0 Å². The molecule has 3 aromatic heterocycles. The van der Waals surface area contributed by atoms with E-state index in [2.05, 4.69) is 30.9 Å². The van der Waals surface area contributed by atoms with Crippen molar-refractivity contribution in [3.63, 3.8) is 0 Å². The molecule has 2 aliphatic rings. The van der Waals surface area contributed by atoms with E-state index in [1.807, 2.05) is 38.4 Å². The highest BCUT2D eigenvalue weighted by molar-refractivity contribution is 5.94. The summed E-state index contributed by atoms with van der Waals surface area (Å²) in [7, 11) is 0. The molecule has 0 aliphatic carbocycles. The number of fused-ring (bicyclic) bond motifs is 3. The molecule has 2 saturated heterocycles. The van der Waals surface area contributed by atoms with Crippen molar-refractivity contribution in [3.8, 4) is 34.2 Å². The van der Waals surface area contributed by atoms with Gasteiger partial charge in [-0.05, 0) is 55.5 Å². The summed E-state index contributed by atoms with van der Waals surface area (Å²) in [5.41, 5.74) is 6.03. The molecule has 1 aromatic carbocycles. The number of aromatic nitrogens is 4. The van der Waals surface area contributed by atoms with Crippen LogP contribution < -0.4 is 4.90 Å². The zero-order valence-corrected chi connectivity index (χ0v) is 19.0. The zero-order valence-electron chi connectivity index (χ0n) is 19.0. The van der Waals surface area contributed by atoms with Crippen molar-refractivity contribution in [2.45, 2.75) is 38.8 Å². The molecule has 0 saturated carbocycles. The van der Waals surface area contributed by atoms with Gasteiger partial charge in [0, 0.05) is 35.1 Å². The summed E-state index contributed by atoms with van der Waals surface area (Å²) in [5, 5.41) is 21.0. The Balaban J connectivity index is 1.40. The number of nitriles is 1. The van der Waals surface area contributed by atoms with E-state index in [1.54, 1.807) is 12.3 Å². The number of nitrogens with zero attached hydrogens (tertiary/aromatic N) is 5. The van der Waals surface area contributed by atoms with Gasteiger partial charge in [0.15, 0.2) is 0 Å². The first-order valence-corrected chi connectivity index (χ1v) is 11.4. The quantitative estimate of drug-likeness (QED) is 0.478. The Morgan fingerprint density at radius 3 is 2.53 bits per heavy atom. The molecule has 0 unspecified atom stereocenters. The monoisotopic (exact) mass is 452 g/mol. The summed E-state index contributed by atoms with van der Waals surface area (Å²) in [4.78, 5) is 19.5. The molecule has 8 nitrogen and oxygen atoms in total. The van der Waals surface area contributed by atoms with Crippen LogP contribution in [0.2, 0.25) is 0 Å². The fourth-order valence-corrected chi connectivity index (χ4v) is 5.34. The molecule has 5 heterocycles. The van der Waals surface area contributed by atoms with Gasteiger partial charge in [-0.1, -0.05) is 6.07 Å². The lowest BCUT2D eigenvalue weighted by atomic mass is 9.92. The molecular weight excluding hydrogens is 428 g/mol. The standard InChI is InChI=1S/C26H24N6O2/c1-14-3-6-23(33)15(2)24(14)21-11-28-25-19(20(21)8-27)7-22(31-25)16-9-29-26(30-10-16)32-17-4-5-18(32)13-34-12-17/h3,6-7,9-11,17-18,33H,4-5,12-13H2,1-2H3,(H,28,31)/t17-,18-/m0/s1. The van der Waals surface area contributed by atoms with Crippen LogP contribution in [0.3, 0.4) is 0 Å². The number of ether oxygens (including phenoxy) is 1. The molecule has 6 rings (SSSR count). The highest BCUT2D eigenvalue weighted by Gasteiger charge is 2.38. The van der Waals surface area contributed by atoms with E-state index in [0.717, 1.165) is 65.3 Å². The summed E-state index contributed by atoms with van der Waals surface area (Å²) < 4.78 is 5.67. The Labute approximate surface area is 196 Å². The number of hydrogen-bond donors (Lipinski definition) is 2. The van der Waals surface area contributed by atoms with Crippen LogP contribution in [0.4, 0.5) is 5.95 Å². The van der Waals surface area contributed by atoms with Crippen LogP contribution in [0, 0.1) is 25.2 Å². The predicted octanol–water partition coefficient (Wildman–Crippen LogP) is 4.25.